The highest BCUT2D eigenvalue weighted by Crippen LogP contribution is 2.26. The highest BCUT2D eigenvalue weighted by atomic mass is 19.1. The summed E-state index contributed by atoms with van der Waals surface area (Å²) in [6.45, 7) is 3.39. The van der Waals surface area contributed by atoms with Crippen LogP contribution >= 0.6 is 0 Å². The van der Waals surface area contributed by atoms with E-state index in [4.69, 9.17) is 16.1 Å². The van der Waals surface area contributed by atoms with Crippen LogP contribution in [0.25, 0.3) is 0 Å². The zero-order chi connectivity index (χ0) is 10.9. The average molecular weight is 194 g/mol. The van der Waals surface area contributed by atoms with Crippen LogP contribution in [0.3, 0.4) is 0 Å². The Balaban J connectivity index is 3.40. The fourth-order valence-corrected chi connectivity index (χ4v) is 1.06. The third-order valence-electron chi connectivity index (χ3n) is 1.93. The zero-order valence-electron chi connectivity index (χ0n) is 8.00. The molecule has 74 valence electrons. The topological polar surface area (TPSA) is 70.0 Å². The summed E-state index contributed by atoms with van der Waals surface area (Å²) in [6, 6.07) is 4.23. The number of hydrogen-bond acceptors (Lipinski definition) is 3. The molecule has 0 unspecified atom stereocenters. The van der Waals surface area contributed by atoms with Crippen molar-refractivity contribution >= 4 is 0 Å². The van der Waals surface area contributed by atoms with Gasteiger partial charge >= 0.3 is 0 Å². The van der Waals surface area contributed by atoms with E-state index in [1.165, 1.54) is 6.07 Å². The lowest BCUT2D eigenvalue weighted by Gasteiger charge is -2.19. The molecule has 3 N–H and O–H groups in total. The minimum absolute atomic E-state index is 0.0986. The fourth-order valence-electron chi connectivity index (χ4n) is 1.06. The van der Waals surface area contributed by atoms with E-state index in [9.17, 15) is 4.39 Å². The zero-order valence-corrected chi connectivity index (χ0v) is 8.00. The number of nitriles is 1. The molecular formula is C10H11FN2O. The first-order valence-corrected chi connectivity index (χ1v) is 4.08. The molecule has 0 aliphatic rings. The van der Waals surface area contributed by atoms with Gasteiger partial charge in [0.05, 0.1) is 5.56 Å². The standard InChI is InChI=1S/C10H11FN2O/c1-10(2,13)7-3-6(5-12)9(14)8(11)4-7/h3-4,14H,13H2,1-2H3. The maximum absolute atomic E-state index is 13.1. The maximum atomic E-state index is 13.1. The van der Waals surface area contributed by atoms with Crippen LogP contribution < -0.4 is 5.73 Å². The van der Waals surface area contributed by atoms with Crippen molar-refractivity contribution in [3.63, 3.8) is 0 Å². The van der Waals surface area contributed by atoms with Gasteiger partial charge in [-0.3, -0.25) is 0 Å². The Morgan fingerprint density at radius 3 is 2.50 bits per heavy atom. The molecule has 0 aliphatic heterocycles. The van der Waals surface area contributed by atoms with E-state index in [1.807, 2.05) is 0 Å². The Morgan fingerprint density at radius 2 is 2.07 bits per heavy atom. The number of nitrogens with zero attached hydrogens (tertiary/aromatic N) is 1. The number of nitrogens with two attached hydrogens (primary N) is 1. The van der Waals surface area contributed by atoms with Crippen LogP contribution in [0.5, 0.6) is 5.75 Å². The number of aromatic hydroxyl groups is 1. The summed E-state index contributed by atoms with van der Waals surface area (Å²) in [6.07, 6.45) is 0. The predicted octanol–water partition coefficient (Wildman–Crippen LogP) is 1.60. The molecule has 1 aromatic rings. The van der Waals surface area contributed by atoms with Crippen LogP contribution in [0.15, 0.2) is 12.1 Å². The molecular weight excluding hydrogens is 183 g/mol. The van der Waals surface area contributed by atoms with Gasteiger partial charge in [0.15, 0.2) is 11.6 Å². The van der Waals surface area contributed by atoms with Crippen molar-refractivity contribution in [1.29, 1.82) is 5.26 Å². The number of benzene rings is 1. The lowest BCUT2D eigenvalue weighted by molar-refractivity contribution is 0.427. The van der Waals surface area contributed by atoms with Crippen molar-refractivity contribution in [2.45, 2.75) is 19.4 Å². The molecule has 1 aromatic carbocycles. The Morgan fingerprint density at radius 1 is 1.50 bits per heavy atom. The van der Waals surface area contributed by atoms with E-state index in [0.29, 0.717) is 5.56 Å². The van der Waals surface area contributed by atoms with Gasteiger partial charge in [-0.1, -0.05) is 0 Å². The van der Waals surface area contributed by atoms with Crippen LogP contribution in [0.1, 0.15) is 25.0 Å². The monoisotopic (exact) mass is 194 g/mol. The van der Waals surface area contributed by atoms with Gasteiger partial charge < -0.3 is 10.8 Å². The number of rotatable bonds is 1. The van der Waals surface area contributed by atoms with Crippen LogP contribution in [0, 0.1) is 17.1 Å². The molecule has 0 bridgehead atoms. The number of halogens is 1. The van der Waals surface area contributed by atoms with Crippen LogP contribution in [0.2, 0.25) is 0 Å². The minimum Gasteiger partial charge on any atom is -0.504 e. The summed E-state index contributed by atoms with van der Waals surface area (Å²) in [5, 5.41) is 17.8. The van der Waals surface area contributed by atoms with Gasteiger partial charge in [0.1, 0.15) is 6.07 Å². The lowest BCUT2D eigenvalue weighted by Crippen LogP contribution is -2.28. The normalized spacial score (nSPS) is 11.1. The molecule has 0 fully saturated rings. The molecule has 0 saturated carbocycles. The van der Waals surface area contributed by atoms with Gasteiger partial charge in [0.25, 0.3) is 0 Å². The molecule has 0 radical (unpaired) electrons. The van der Waals surface area contributed by atoms with Crippen LogP contribution in [0.4, 0.5) is 4.39 Å². The first-order chi connectivity index (χ1) is 6.36. The summed E-state index contributed by atoms with van der Waals surface area (Å²) < 4.78 is 13.1. The maximum Gasteiger partial charge on any atom is 0.169 e. The summed E-state index contributed by atoms with van der Waals surface area (Å²) in [5.74, 6) is -1.45. The summed E-state index contributed by atoms with van der Waals surface area (Å²) in [7, 11) is 0. The van der Waals surface area contributed by atoms with Crippen molar-refractivity contribution in [3.05, 3.63) is 29.1 Å². The second kappa shape index (κ2) is 3.28. The summed E-state index contributed by atoms with van der Waals surface area (Å²) >= 11 is 0. The number of hydrogen-bond donors (Lipinski definition) is 2. The third-order valence-corrected chi connectivity index (χ3v) is 1.93. The SMILES string of the molecule is CC(C)(N)c1cc(F)c(O)c(C#N)c1. The van der Waals surface area contributed by atoms with E-state index in [1.54, 1.807) is 19.9 Å². The van der Waals surface area contributed by atoms with Crippen molar-refractivity contribution in [2.75, 3.05) is 0 Å². The lowest BCUT2D eigenvalue weighted by atomic mass is 9.94. The second-order valence-electron chi connectivity index (χ2n) is 3.69. The second-order valence-corrected chi connectivity index (χ2v) is 3.69. The molecule has 0 aliphatic carbocycles. The van der Waals surface area contributed by atoms with Gasteiger partial charge in [-0.15, -0.1) is 0 Å². The number of phenolic OH excluding ortho intramolecular Hbond substituents is 1. The van der Waals surface area contributed by atoms with E-state index < -0.39 is 17.1 Å². The Hall–Kier alpha value is -1.60. The highest BCUT2D eigenvalue weighted by Gasteiger charge is 2.18. The van der Waals surface area contributed by atoms with Crippen molar-refractivity contribution in [2.24, 2.45) is 5.73 Å². The molecule has 0 spiro atoms. The largest absolute Gasteiger partial charge is 0.504 e. The van der Waals surface area contributed by atoms with Gasteiger partial charge in [-0.25, -0.2) is 4.39 Å². The molecule has 4 heteroatoms. The van der Waals surface area contributed by atoms with Crippen molar-refractivity contribution in [3.8, 4) is 11.8 Å². The minimum atomic E-state index is -0.822. The van der Waals surface area contributed by atoms with E-state index >= 15 is 0 Å². The molecule has 14 heavy (non-hydrogen) atoms. The van der Waals surface area contributed by atoms with Gasteiger partial charge in [0, 0.05) is 5.54 Å². The summed E-state index contributed by atoms with van der Waals surface area (Å²) in [5.41, 5.74) is 5.38. The van der Waals surface area contributed by atoms with Crippen LogP contribution in [-0.4, -0.2) is 5.11 Å². The van der Waals surface area contributed by atoms with Gasteiger partial charge in [0.2, 0.25) is 0 Å². The Labute approximate surface area is 81.6 Å². The Kier molecular flexibility index (Phi) is 2.45. The summed E-state index contributed by atoms with van der Waals surface area (Å²) in [4.78, 5) is 0. The molecule has 0 heterocycles. The fraction of sp³-hybridized carbons (Fsp3) is 0.300. The van der Waals surface area contributed by atoms with Gasteiger partial charge in [-0.05, 0) is 31.5 Å². The van der Waals surface area contributed by atoms with Gasteiger partial charge in [-0.2, -0.15) is 5.26 Å². The van der Waals surface area contributed by atoms with E-state index in [0.717, 1.165) is 6.07 Å². The Bertz CT molecular complexity index is 402. The van der Waals surface area contributed by atoms with Crippen molar-refractivity contribution < 1.29 is 9.50 Å². The number of phenols is 1. The predicted molar refractivity (Wildman–Crippen MR) is 50.0 cm³/mol. The van der Waals surface area contributed by atoms with Crippen LogP contribution in [-0.2, 0) is 5.54 Å². The molecule has 0 aromatic heterocycles. The molecule has 0 atom stereocenters. The smallest absolute Gasteiger partial charge is 0.169 e. The molecule has 0 amide bonds. The highest BCUT2D eigenvalue weighted by molar-refractivity contribution is 5.46. The molecule has 1 rings (SSSR count). The first kappa shape index (κ1) is 10.5. The van der Waals surface area contributed by atoms with Crippen molar-refractivity contribution in [1.82, 2.24) is 0 Å². The first-order valence-electron chi connectivity index (χ1n) is 4.08. The average Bonchev–Trinajstić information content (AvgIpc) is 2.07. The third kappa shape index (κ3) is 1.83. The van der Waals surface area contributed by atoms with E-state index in [-0.39, 0.29) is 5.56 Å². The molecule has 0 saturated heterocycles. The molecule has 3 nitrogen and oxygen atoms in total. The van der Waals surface area contributed by atoms with E-state index in [2.05, 4.69) is 0 Å². The quantitative estimate of drug-likeness (QED) is 0.713.